The van der Waals surface area contributed by atoms with Gasteiger partial charge < -0.3 is 20.7 Å². The molecule has 21 heavy (non-hydrogen) atoms. The highest BCUT2D eigenvalue weighted by molar-refractivity contribution is 5.88. The molecule has 0 spiro atoms. The van der Waals surface area contributed by atoms with Gasteiger partial charge in [-0.15, -0.1) is 0 Å². The zero-order valence-corrected chi connectivity index (χ0v) is 12.2. The Bertz CT molecular complexity index is 519. The monoisotopic (exact) mass is 291 g/mol. The van der Waals surface area contributed by atoms with Gasteiger partial charge in [0.15, 0.2) is 0 Å². The maximum atomic E-state index is 12.2. The average molecular weight is 291 g/mol. The predicted octanol–water partition coefficient (Wildman–Crippen LogP) is 0.775. The van der Waals surface area contributed by atoms with Crippen LogP contribution >= 0.6 is 0 Å². The number of ether oxygens (including phenoxy) is 1. The molecule has 6 nitrogen and oxygen atoms in total. The molecule has 1 heterocycles. The van der Waals surface area contributed by atoms with Gasteiger partial charge >= 0.3 is 0 Å². The summed E-state index contributed by atoms with van der Waals surface area (Å²) < 4.78 is 5.52. The van der Waals surface area contributed by atoms with Crippen LogP contribution in [-0.4, -0.2) is 42.5 Å². The molecule has 0 radical (unpaired) electrons. The van der Waals surface area contributed by atoms with E-state index in [1.54, 1.807) is 29.2 Å². The molecule has 0 saturated carbocycles. The van der Waals surface area contributed by atoms with E-state index in [1.807, 2.05) is 6.92 Å². The van der Waals surface area contributed by atoms with Crippen molar-refractivity contribution in [1.29, 1.82) is 0 Å². The lowest BCUT2D eigenvalue weighted by atomic mass is 10.1. The first kappa shape index (κ1) is 15.2. The number of piperazine rings is 1. The average Bonchev–Trinajstić information content (AvgIpc) is 2.47. The van der Waals surface area contributed by atoms with Gasteiger partial charge in [-0.25, -0.2) is 0 Å². The number of nitrogen functional groups attached to an aromatic ring is 1. The number of benzene rings is 1. The van der Waals surface area contributed by atoms with Crippen LogP contribution in [-0.2, 0) is 9.59 Å². The molecule has 6 heteroatoms. The number of hydrogen-bond acceptors (Lipinski definition) is 4. The van der Waals surface area contributed by atoms with Gasteiger partial charge in [-0.05, 0) is 18.6 Å². The molecule has 1 aliphatic rings. The Hall–Kier alpha value is -2.24. The number of carbonyl (C=O) groups excluding carboxylic acids is 2. The topological polar surface area (TPSA) is 84.7 Å². The van der Waals surface area contributed by atoms with Crippen LogP contribution in [0.5, 0.6) is 5.75 Å². The van der Waals surface area contributed by atoms with E-state index in [9.17, 15) is 9.59 Å². The van der Waals surface area contributed by atoms with Gasteiger partial charge in [0.25, 0.3) is 0 Å². The van der Waals surface area contributed by atoms with Crippen molar-refractivity contribution in [3.63, 3.8) is 0 Å². The molecule has 1 saturated heterocycles. The van der Waals surface area contributed by atoms with Crippen molar-refractivity contribution in [2.45, 2.75) is 25.8 Å². The van der Waals surface area contributed by atoms with Gasteiger partial charge in [0, 0.05) is 24.8 Å². The third kappa shape index (κ3) is 3.87. The summed E-state index contributed by atoms with van der Waals surface area (Å²) in [6.07, 6.45) is 0.867. The highest BCUT2D eigenvalue weighted by Gasteiger charge is 2.31. The summed E-state index contributed by atoms with van der Waals surface area (Å²) in [5.41, 5.74) is 6.28. The summed E-state index contributed by atoms with van der Waals surface area (Å²) >= 11 is 0. The molecule has 2 amide bonds. The second-order valence-electron chi connectivity index (χ2n) is 4.97. The molecule has 1 atom stereocenters. The minimum Gasteiger partial charge on any atom is -0.493 e. The second-order valence-corrected chi connectivity index (χ2v) is 4.97. The molecular formula is C15H21N3O3. The fourth-order valence-corrected chi connectivity index (χ4v) is 2.42. The van der Waals surface area contributed by atoms with E-state index in [-0.39, 0.29) is 30.9 Å². The summed E-state index contributed by atoms with van der Waals surface area (Å²) in [6, 6.07) is 6.72. The number of nitrogens with two attached hydrogens (primary N) is 1. The third-order valence-electron chi connectivity index (χ3n) is 3.48. The standard InChI is InChI=1S/C15H21N3O3/c1-2-13-15(20)17-7-8-18(13)14(19)6-9-21-12-5-3-4-11(16)10-12/h3-5,10,13H,2,6-9,16H2,1H3,(H,17,20). The Morgan fingerprint density at radius 3 is 3.05 bits per heavy atom. The van der Waals surface area contributed by atoms with Gasteiger partial charge in [-0.1, -0.05) is 13.0 Å². The molecule has 1 fully saturated rings. The summed E-state index contributed by atoms with van der Waals surface area (Å²) in [5.74, 6) is 0.515. The maximum absolute atomic E-state index is 12.2. The molecule has 1 aromatic carbocycles. The van der Waals surface area contributed by atoms with Crippen molar-refractivity contribution >= 4 is 17.5 Å². The Morgan fingerprint density at radius 2 is 2.33 bits per heavy atom. The zero-order chi connectivity index (χ0) is 15.2. The molecule has 3 N–H and O–H groups in total. The van der Waals surface area contributed by atoms with Crippen LogP contribution in [0.25, 0.3) is 0 Å². The smallest absolute Gasteiger partial charge is 0.242 e. The van der Waals surface area contributed by atoms with Gasteiger partial charge in [-0.3, -0.25) is 9.59 Å². The van der Waals surface area contributed by atoms with Crippen molar-refractivity contribution in [2.75, 3.05) is 25.4 Å². The van der Waals surface area contributed by atoms with Crippen LogP contribution in [0.2, 0.25) is 0 Å². The molecule has 1 unspecified atom stereocenters. The SMILES string of the molecule is CCC1C(=O)NCCN1C(=O)CCOc1cccc(N)c1. The number of hydrogen-bond donors (Lipinski definition) is 2. The molecule has 0 aliphatic carbocycles. The van der Waals surface area contributed by atoms with Gasteiger partial charge in [0.1, 0.15) is 11.8 Å². The highest BCUT2D eigenvalue weighted by Crippen LogP contribution is 2.15. The Balaban J connectivity index is 1.85. The van der Waals surface area contributed by atoms with Crippen LogP contribution in [0.1, 0.15) is 19.8 Å². The first-order valence-electron chi connectivity index (χ1n) is 7.17. The fourth-order valence-electron chi connectivity index (χ4n) is 2.42. The highest BCUT2D eigenvalue weighted by atomic mass is 16.5. The Labute approximate surface area is 124 Å². The lowest BCUT2D eigenvalue weighted by Crippen LogP contribution is -2.57. The van der Waals surface area contributed by atoms with Crippen LogP contribution in [0.3, 0.4) is 0 Å². The number of carbonyl (C=O) groups is 2. The molecule has 1 aliphatic heterocycles. The second kappa shape index (κ2) is 6.97. The molecule has 0 aromatic heterocycles. The van der Waals surface area contributed by atoms with Gasteiger partial charge in [0.05, 0.1) is 13.0 Å². The van der Waals surface area contributed by atoms with Crippen LogP contribution < -0.4 is 15.8 Å². The normalized spacial score (nSPS) is 18.2. The van der Waals surface area contributed by atoms with E-state index >= 15 is 0 Å². The predicted molar refractivity (Wildman–Crippen MR) is 79.8 cm³/mol. The van der Waals surface area contributed by atoms with Crippen molar-refractivity contribution in [1.82, 2.24) is 10.2 Å². The number of amides is 2. The first-order chi connectivity index (χ1) is 10.1. The van der Waals surface area contributed by atoms with E-state index in [0.29, 0.717) is 30.9 Å². The first-order valence-corrected chi connectivity index (χ1v) is 7.17. The molecule has 1 aromatic rings. The van der Waals surface area contributed by atoms with Crippen molar-refractivity contribution in [3.8, 4) is 5.75 Å². The fraction of sp³-hybridized carbons (Fsp3) is 0.467. The molecule has 0 bridgehead atoms. The minimum atomic E-state index is -0.362. The molecule has 114 valence electrons. The summed E-state index contributed by atoms with van der Waals surface area (Å²) in [5, 5.41) is 2.78. The minimum absolute atomic E-state index is 0.0550. The number of nitrogens with one attached hydrogen (secondary N) is 1. The van der Waals surface area contributed by atoms with Gasteiger partial charge in [-0.2, -0.15) is 0 Å². The van der Waals surface area contributed by atoms with Crippen LogP contribution in [0.4, 0.5) is 5.69 Å². The van der Waals surface area contributed by atoms with Gasteiger partial charge in [0.2, 0.25) is 11.8 Å². The maximum Gasteiger partial charge on any atom is 0.242 e. The number of rotatable bonds is 5. The summed E-state index contributed by atoms with van der Waals surface area (Å²) in [6.45, 7) is 3.24. The number of nitrogens with zero attached hydrogens (tertiary/aromatic N) is 1. The van der Waals surface area contributed by atoms with Crippen LogP contribution in [0.15, 0.2) is 24.3 Å². The zero-order valence-electron chi connectivity index (χ0n) is 12.2. The lowest BCUT2D eigenvalue weighted by Gasteiger charge is -2.34. The Morgan fingerprint density at radius 1 is 1.52 bits per heavy atom. The molecular weight excluding hydrogens is 270 g/mol. The van der Waals surface area contributed by atoms with Crippen molar-refractivity contribution < 1.29 is 14.3 Å². The van der Waals surface area contributed by atoms with E-state index in [0.717, 1.165) is 0 Å². The van der Waals surface area contributed by atoms with E-state index < -0.39 is 0 Å². The van der Waals surface area contributed by atoms with E-state index in [2.05, 4.69) is 5.32 Å². The largest absolute Gasteiger partial charge is 0.493 e. The quantitative estimate of drug-likeness (QED) is 0.785. The Kier molecular flexibility index (Phi) is 5.03. The number of anilines is 1. The summed E-state index contributed by atoms with van der Waals surface area (Å²) in [4.78, 5) is 25.6. The van der Waals surface area contributed by atoms with E-state index in [1.165, 1.54) is 0 Å². The third-order valence-corrected chi connectivity index (χ3v) is 3.48. The van der Waals surface area contributed by atoms with E-state index in [4.69, 9.17) is 10.5 Å². The molecule has 2 rings (SSSR count). The lowest BCUT2D eigenvalue weighted by molar-refractivity contribution is -0.143. The van der Waals surface area contributed by atoms with Crippen molar-refractivity contribution in [3.05, 3.63) is 24.3 Å². The van der Waals surface area contributed by atoms with Crippen molar-refractivity contribution in [2.24, 2.45) is 0 Å². The summed E-state index contributed by atoms with van der Waals surface area (Å²) in [7, 11) is 0. The van der Waals surface area contributed by atoms with Crippen LogP contribution in [0, 0.1) is 0 Å².